The molecule has 1 saturated carbocycles. The van der Waals surface area contributed by atoms with Gasteiger partial charge in [0.15, 0.2) is 5.65 Å². The molecular formula is C24H26N6O4. The van der Waals surface area contributed by atoms with Gasteiger partial charge in [-0.3, -0.25) is 14.9 Å². The van der Waals surface area contributed by atoms with Crippen molar-refractivity contribution < 1.29 is 19.1 Å². The number of aromatic nitrogens is 3. The second kappa shape index (κ2) is 8.77. The van der Waals surface area contributed by atoms with E-state index in [9.17, 15) is 14.4 Å². The Balaban J connectivity index is 1.22. The minimum absolute atomic E-state index is 0.000624. The van der Waals surface area contributed by atoms with Crippen LogP contribution in [0.3, 0.4) is 0 Å². The first-order valence-corrected chi connectivity index (χ1v) is 11.3. The number of amides is 3. The van der Waals surface area contributed by atoms with Crippen LogP contribution in [0.15, 0.2) is 42.5 Å². The van der Waals surface area contributed by atoms with E-state index in [2.05, 4.69) is 15.4 Å². The summed E-state index contributed by atoms with van der Waals surface area (Å²) >= 11 is 0. The Kier molecular flexibility index (Phi) is 5.64. The smallest absolute Gasteiger partial charge is 0.409 e. The van der Waals surface area contributed by atoms with Crippen LogP contribution in [-0.2, 0) is 20.7 Å². The van der Waals surface area contributed by atoms with Crippen molar-refractivity contribution >= 4 is 29.5 Å². The first-order chi connectivity index (χ1) is 16.4. The van der Waals surface area contributed by atoms with Crippen LogP contribution >= 0.6 is 0 Å². The Labute approximate surface area is 196 Å². The van der Waals surface area contributed by atoms with Crippen molar-refractivity contribution in [2.75, 3.05) is 32.5 Å². The lowest BCUT2D eigenvalue weighted by atomic mass is 10.0. The molecule has 3 amide bonds. The van der Waals surface area contributed by atoms with Gasteiger partial charge in [-0.2, -0.15) is 4.98 Å². The fourth-order valence-corrected chi connectivity index (χ4v) is 3.78. The topological polar surface area (TPSA) is 109 Å². The van der Waals surface area contributed by atoms with Gasteiger partial charge in [-0.25, -0.2) is 9.31 Å². The average Bonchev–Trinajstić information content (AvgIpc) is 3.56. The van der Waals surface area contributed by atoms with Gasteiger partial charge in [0.25, 0.3) is 0 Å². The van der Waals surface area contributed by atoms with Crippen molar-refractivity contribution in [3.05, 3.63) is 48.0 Å². The molecule has 0 radical (unpaired) electrons. The number of carbonyl (C=O) groups excluding carboxylic acids is 3. The third-order valence-corrected chi connectivity index (χ3v) is 5.98. The number of hydrogen-bond donors (Lipinski definition) is 1. The molecule has 3 heterocycles. The number of fused-ring (bicyclic) bond motifs is 1. The van der Waals surface area contributed by atoms with Gasteiger partial charge in [0, 0.05) is 25.6 Å². The maximum Gasteiger partial charge on any atom is 0.409 e. The molecule has 2 aromatic heterocycles. The van der Waals surface area contributed by atoms with Gasteiger partial charge in [-0.15, -0.1) is 5.10 Å². The second-order valence-corrected chi connectivity index (χ2v) is 8.95. The zero-order valence-electron chi connectivity index (χ0n) is 19.1. The predicted octanol–water partition coefficient (Wildman–Crippen LogP) is 2.20. The molecule has 0 spiro atoms. The maximum atomic E-state index is 12.6. The Hall–Kier alpha value is -3.95. The molecule has 1 aromatic carbocycles. The van der Waals surface area contributed by atoms with E-state index in [-0.39, 0.29) is 30.3 Å². The van der Waals surface area contributed by atoms with Gasteiger partial charge in [-0.05, 0) is 30.5 Å². The third-order valence-electron chi connectivity index (χ3n) is 5.98. The standard InChI is InChI=1S/C24H26N6O4/c1-28(2)24(33)34-18-13-29(14-18)21(31)12-15-6-8-16(9-7-15)19-4-3-5-20-25-23(27-30(19)20)26-22(32)17-10-11-17/h3-9,17-18H,10-14H2,1-2H3,(H,26,27,32). The molecule has 34 heavy (non-hydrogen) atoms. The number of benzene rings is 1. The highest BCUT2D eigenvalue weighted by Crippen LogP contribution is 2.30. The number of ether oxygens (including phenoxy) is 1. The molecule has 2 aliphatic rings. The Bertz CT molecular complexity index is 1240. The van der Waals surface area contributed by atoms with Crippen molar-refractivity contribution in [1.82, 2.24) is 24.4 Å². The Morgan fingerprint density at radius 3 is 2.50 bits per heavy atom. The summed E-state index contributed by atoms with van der Waals surface area (Å²) in [6.45, 7) is 0.842. The molecule has 1 N–H and O–H groups in total. The summed E-state index contributed by atoms with van der Waals surface area (Å²) in [5, 5.41) is 7.25. The van der Waals surface area contributed by atoms with Gasteiger partial charge in [0.1, 0.15) is 6.10 Å². The van der Waals surface area contributed by atoms with Crippen LogP contribution in [0.5, 0.6) is 0 Å². The average molecular weight is 463 g/mol. The lowest BCUT2D eigenvalue weighted by Crippen LogP contribution is -2.56. The third kappa shape index (κ3) is 4.57. The van der Waals surface area contributed by atoms with E-state index in [1.54, 1.807) is 23.5 Å². The fourth-order valence-electron chi connectivity index (χ4n) is 3.78. The summed E-state index contributed by atoms with van der Waals surface area (Å²) in [6.07, 6.45) is 1.47. The van der Waals surface area contributed by atoms with Crippen LogP contribution < -0.4 is 5.32 Å². The van der Waals surface area contributed by atoms with E-state index in [0.29, 0.717) is 24.7 Å². The van der Waals surface area contributed by atoms with Gasteiger partial charge >= 0.3 is 6.09 Å². The molecule has 10 nitrogen and oxygen atoms in total. The van der Waals surface area contributed by atoms with Crippen molar-refractivity contribution in [2.24, 2.45) is 5.92 Å². The molecule has 3 aromatic rings. The number of carbonyl (C=O) groups is 3. The number of nitrogens with one attached hydrogen (secondary N) is 1. The molecule has 1 aliphatic carbocycles. The molecule has 1 saturated heterocycles. The minimum atomic E-state index is -0.396. The summed E-state index contributed by atoms with van der Waals surface area (Å²) in [6, 6.07) is 13.4. The number of hydrogen-bond acceptors (Lipinski definition) is 6. The van der Waals surface area contributed by atoms with Crippen molar-refractivity contribution in [3.63, 3.8) is 0 Å². The second-order valence-electron chi connectivity index (χ2n) is 8.95. The number of anilines is 1. The van der Waals surface area contributed by atoms with Gasteiger partial charge in [0.2, 0.25) is 17.8 Å². The van der Waals surface area contributed by atoms with E-state index in [4.69, 9.17) is 4.74 Å². The summed E-state index contributed by atoms with van der Waals surface area (Å²) < 4.78 is 6.98. The first kappa shape index (κ1) is 21.9. The van der Waals surface area contributed by atoms with Crippen molar-refractivity contribution in [3.8, 4) is 11.3 Å². The molecule has 0 atom stereocenters. The van der Waals surface area contributed by atoms with Crippen molar-refractivity contribution in [1.29, 1.82) is 0 Å². The zero-order valence-corrected chi connectivity index (χ0v) is 19.1. The molecule has 1 aliphatic heterocycles. The van der Waals surface area contributed by atoms with Crippen molar-refractivity contribution in [2.45, 2.75) is 25.4 Å². The number of nitrogens with zero attached hydrogens (tertiary/aromatic N) is 5. The van der Waals surface area contributed by atoms with Crippen LogP contribution in [0.2, 0.25) is 0 Å². The van der Waals surface area contributed by atoms with Crippen LogP contribution in [0.1, 0.15) is 18.4 Å². The lowest BCUT2D eigenvalue weighted by molar-refractivity contribution is -0.141. The summed E-state index contributed by atoms with van der Waals surface area (Å²) in [5.41, 5.74) is 3.30. The first-order valence-electron chi connectivity index (χ1n) is 11.3. The van der Waals surface area contributed by atoms with Crippen LogP contribution in [-0.4, -0.2) is 75.6 Å². The van der Waals surface area contributed by atoms with E-state index in [0.717, 1.165) is 29.7 Å². The normalized spacial score (nSPS) is 15.6. The SMILES string of the molecule is CN(C)C(=O)OC1CN(C(=O)Cc2ccc(-c3cccc4nc(NC(=O)C5CC5)nn34)cc2)C1. The summed E-state index contributed by atoms with van der Waals surface area (Å²) in [5.74, 6) is 0.349. The monoisotopic (exact) mass is 462 g/mol. The van der Waals surface area contributed by atoms with E-state index in [1.807, 2.05) is 42.5 Å². The molecule has 0 unspecified atom stereocenters. The van der Waals surface area contributed by atoms with Gasteiger partial charge in [0.05, 0.1) is 25.2 Å². The quantitative estimate of drug-likeness (QED) is 0.602. The fraction of sp³-hybridized carbons (Fsp3) is 0.375. The van der Waals surface area contributed by atoms with Crippen LogP contribution in [0.25, 0.3) is 16.9 Å². The highest BCUT2D eigenvalue weighted by atomic mass is 16.6. The number of likely N-dealkylation sites (tertiary alicyclic amines) is 1. The van der Waals surface area contributed by atoms with Gasteiger partial charge < -0.3 is 14.5 Å². The largest absolute Gasteiger partial charge is 0.442 e. The zero-order chi connectivity index (χ0) is 23.8. The van der Waals surface area contributed by atoms with E-state index in [1.165, 1.54) is 4.90 Å². The van der Waals surface area contributed by atoms with E-state index >= 15 is 0 Å². The van der Waals surface area contributed by atoms with Gasteiger partial charge in [-0.1, -0.05) is 30.3 Å². The lowest BCUT2D eigenvalue weighted by Gasteiger charge is -2.38. The number of rotatable bonds is 6. The molecule has 2 fully saturated rings. The molecule has 10 heteroatoms. The minimum Gasteiger partial charge on any atom is -0.442 e. The summed E-state index contributed by atoms with van der Waals surface area (Å²) in [7, 11) is 3.26. The predicted molar refractivity (Wildman–Crippen MR) is 124 cm³/mol. The summed E-state index contributed by atoms with van der Waals surface area (Å²) in [4.78, 5) is 43.7. The molecule has 5 rings (SSSR count). The van der Waals surface area contributed by atoms with Crippen LogP contribution in [0, 0.1) is 5.92 Å². The highest BCUT2D eigenvalue weighted by Gasteiger charge is 2.33. The maximum absolute atomic E-state index is 12.6. The Morgan fingerprint density at radius 1 is 1.09 bits per heavy atom. The van der Waals surface area contributed by atoms with Crippen LogP contribution in [0.4, 0.5) is 10.7 Å². The van der Waals surface area contributed by atoms with E-state index < -0.39 is 6.09 Å². The highest BCUT2D eigenvalue weighted by molar-refractivity contribution is 5.92. The molecule has 176 valence electrons. The molecule has 0 bridgehead atoms. The number of pyridine rings is 1. The molecular weight excluding hydrogens is 436 g/mol. The Morgan fingerprint density at radius 2 is 1.82 bits per heavy atom.